The molecule has 1 rings (SSSR count). The first-order valence-corrected chi connectivity index (χ1v) is 4.98. The van der Waals surface area contributed by atoms with Crippen LogP contribution in [0.2, 0.25) is 0 Å². The van der Waals surface area contributed by atoms with Crippen LogP contribution in [0.4, 0.5) is 17.6 Å². The third kappa shape index (κ3) is 3.82. The fourth-order valence-corrected chi connectivity index (χ4v) is 1.20. The minimum atomic E-state index is -4.66. The second kappa shape index (κ2) is 5.87. The number of carbonyl (C=O) groups excluding carboxylic acids is 1. The Hall–Kier alpha value is -1.83. The standard InChI is InChI=1S/C11H10F4O4/c1-18-9(17)8(16)6-3-2-4-7(5-6)19-11(14,15)10(12)13/h2-5,8,10,16H,1H3. The summed E-state index contributed by atoms with van der Waals surface area (Å²) in [4.78, 5) is 11.0. The molecule has 0 amide bonds. The minimum absolute atomic E-state index is 0.116. The summed E-state index contributed by atoms with van der Waals surface area (Å²) < 4.78 is 57.3. The van der Waals surface area contributed by atoms with Crippen molar-refractivity contribution in [1.82, 2.24) is 0 Å². The number of aliphatic hydroxyl groups excluding tert-OH is 1. The lowest BCUT2D eigenvalue weighted by Gasteiger charge is -2.17. The van der Waals surface area contributed by atoms with Crippen LogP contribution >= 0.6 is 0 Å². The van der Waals surface area contributed by atoms with Gasteiger partial charge < -0.3 is 14.6 Å². The Morgan fingerprint density at radius 2 is 2.00 bits per heavy atom. The van der Waals surface area contributed by atoms with Gasteiger partial charge in [0.25, 0.3) is 0 Å². The van der Waals surface area contributed by atoms with Gasteiger partial charge in [-0.25, -0.2) is 4.79 Å². The smallest absolute Gasteiger partial charge is 0.461 e. The molecule has 4 nitrogen and oxygen atoms in total. The normalized spacial score (nSPS) is 13.2. The van der Waals surface area contributed by atoms with Crippen LogP contribution in [0, 0.1) is 0 Å². The minimum Gasteiger partial charge on any atom is -0.467 e. The van der Waals surface area contributed by atoms with Crippen molar-refractivity contribution in [3.05, 3.63) is 29.8 Å². The van der Waals surface area contributed by atoms with Crippen molar-refractivity contribution in [3.63, 3.8) is 0 Å². The van der Waals surface area contributed by atoms with E-state index in [4.69, 9.17) is 0 Å². The number of aliphatic hydroxyl groups is 1. The molecule has 0 bridgehead atoms. The Balaban J connectivity index is 2.92. The van der Waals surface area contributed by atoms with Crippen LogP contribution in [0.25, 0.3) is 0 Å². The molecule has 0 aromatic heterocycles. The molecule has 0 saturated heterocycles. The van der Waals surface area contributed by atoms with E-state index in [1.807, 2.05) is 0 Å². The fraction of sp³-hybridized carbons (Fsp3) is 0.364. The Morgan fingerprint density at radius 1 is 1.37 bits per heavy atom. The molecule has 0 aliphatic carbocycles. The van der Waals surface area contributed by atoms with Crippen LogP contribution in [0.1, 0.15) is 11.7 Å². The van der Waals surface area contributed by atoms with Crippen molar-refractivity contribution >= 4 is 5.97 Å². The van der Waals surface area contributed by atoms with E-state index in [0.717, 1.165) is 19.2 Å². The lowest BCUT2D eigenvalue weighted by Crippen LogP contribution is -2.33. The fourth-order valence-electron chi connectivity index (χ4n) is 1.20. The molecule has 0 aliphatic heterocycles. The van der Waals surface area contributed by atoms with Crippen molar-refractivity contribution < 1.29 is 36.9 Å². The van der Waals surface area contributed by atoms with E-state index in [1.54, 1.807) is 0 Å². The Kier molecular flexibility index (Phi) is 4.71. The summed E-state index contributed by atoms with van der Waals surface area (Å²) in [6.45, 7) is 0. The number of hydrogen-bond donors (Lipinski definition) is 1. The average molecular weight is 282 g/mol. The summed E-state index contributed by atoms with van der Waals surface area (Å²) in [7, 11) is 1.02. The van der Waals surface area contributed by atoms with Crippen LogP contribution in [0.3, 0.4) is 0 Å². The molecular formula is C11H10F4O4. The highest BCUT2D eigenvalue weighted by Gasteiger charge is 2.44. The molecule has 0 aliphatic rings. The van der Waals surface area contributed by atoms with E-state index in [-0.39, 0.29) is 5.56 Å². The monoisotopic (exact) mass is 282 g/mol. The molecule has 0 radical (unpaired) electrons. The first-order valence-electron chi connectivity index (χ1n) is 4.98. The Bertz CT molecular complexity index is 450. The number of carbonyl (C=O) groups is 1. The maximum atomic E-state index is 12.7. The summed E-state index contributed by atoms with van der Waals surface area (Å²) in [6.07, 6.45) is -10.4. The van der Waals surface area contributed by atoms with E-state index in [1.165, 1.54) is 12.1 Å². The predicted octanol–water partition coefficient (Wildman–Crippen LogP) is 2.13. The molecule has 106 valence electrons. The summed E-state index contributed by atoms with van der Waals surface area (Å²) in [5.41, 5.74) is -0.116. The number of hydrogen-bond acceptors (Lipinski definition) is 4. The van der Waals surface area contributed by atoms with Gasteiger partial charge in [0.2, 0.25) is 0 Å². The molecule has 1 unspecified atom stereocenters. The largest absolute Gasteiger partial charge is 0.467 e. The summed E-state index contributed by atoms with van der Waals surface area (Å²) >= 11 is 0. The molecule has 0 spiro atoms. The third-order valence-electron chi connectivity index (χ3n) is 2.11. The van der Waals surface area contributed by atoms with E-state index in [0.29, 0.717) is 0 Å². The van der Waals surface area contributed by atoms with Gasteiger partial charge in [-0.2, -0.15) is 17.6 Å². The van der Waals surface area contributed by atoms with Gasteiger partial charge in [-0.15, -0.1) is 0 Å². The summed E-state index contributed by atoms with van der Waals surface area (Å²) in [6, 6.07) is 4.23. The molecule has 0 fully saturated rings. The first-order chi connectivity index (χ1) is 8.77. The van der Waals surface area contributed by atoms with E-state index >= 15 is 0 Å². The van der Waals surface area contributed by atoms with Crippen molar-refractivity contribution in [3.8, 4) is 5.75 Å². The number of ether oxygens (including phenoxy) is 2. The van der Waals surface area contributed by atoms with Gasteiger partial charge >= 0.3 is 18.5 Å². The van der Waals surface area contributed by atoms with Crippen LogP contribution in [-0.4, -0.2) is 30.7 Å². The lowest BCUT2D eigenvalue weighted by atomic mass is 10.1. The maximum Gasteiger partial charge on any atom is 0.461 e. The molecule has 0 heterocycles. The SMILES string of the molecule is COC(=O)C(O)c1cccc(OC(F)(F)C(F)F)c1. The topological polar surface area (TPSA) is 55.8 Å². The first kappa shape index (κ1) is 15.2. The molecule has 1 aromatic carbocycles. The molecule has 1 N–H and O–H groups in total. The predicted molar refractivity (Wildman–Crippen MR) is 55.0 cm³/mol. The van der Waals surface area contributed by atoms with Crippen molar-refractivity contribution in [1.29, 1.82) is 0 Å². The van der Waals surface area contributed by atoms with Gasteiger partial charge in [0.1, 0.15) is 5.75 Å². The number of halogens is 4. The summed E-state index contributed by atoms with van der Waals surface area (Å²) in [5.74, 6) is -1.62. The highest BCUT2D eigenvalue weighted by atomic mass is 19.3. The molecule has 0 saturated carbocycles. The maximum absolute atomic E-state index is 12.7. The zero-order valence-corrected chi connectivity index (χ0v) is 9.65. The Morgan fingerprint density at radius 3 is 2.53 bits per heavy atom. The van der Waals surface area contributed by atoms with Crippen molar-refractivity contribution in [2.75, 3.05) is 7.11 Å². The molecule has 8 heteroatoms. The quantitative estimate of drug-likeness (QED) is 0.664. The second-order valence-electron chi connectivity index (χ2n) is 3.46. The van der Waals surface area contributed by atoms with Crippen molar-refractivity contribution in [2.24, 2.45) is 0 Å². The molecule has 1 atom stereocenters. The van der Waals surface area contributed by atoms with Gasteiger partial charge in [-0.1, -0.05) is 12.1 Å². The van der Waals surface area contributed by atoms with Gasteiger partial charge in [0.05, 0.1) is 7.11 Å². The zero-order valence-electron chi connectivity index (χ0n) is 9.65. The van der Waals surface area contributed by atoms with Gasteiger partial charge in [0, 0.05) is 0 Å². The van der Waals surface area contributed by atoms with Gasteiger partial charge in [-0.05, 0) is 17.7 Å². The van der Waals surface area contributed by atoms with Crippen LogP contribution in [0.15, 0.2) is 24.3 Å². The van der Waals surface area contributed by atoms with E-state index in [2.05, 4.69) is 9.47 Å². The lowest BCUT2D eigenvalue weighted by molar-refractivity contribution is -0.253. The van der Waals surface area contributed by atoms with E-state index in [9.17, 15) is 27.5 Å². The second-order valence-corrected chi connectivity index (χ2v) is 3.46. The highest BCUT2D eigenvalue weighted by molar-refractivity contribution is 5.76. The number of benzene rings is 1. The van der Waals surface area contributed by atoms with E-state index < -0.39 is 30.4 Å². The average Bonchev–Trinajstić information content (AvgIpc) is 2.36. The molecule has 19 heavy (non-hydrogen) atoms. The molecule has 1 aromatic rings. The van der Waals surface area contributed by atoms with Crippen LogP contribution < -0.4 is 4.74 Å². The van der Waals surface area contributed by atoms with Gasteiger partial charge in [0.15, 0.2) is 6.10 Å². The van der Waals surface area contributed by atoms with Crippen molar-refractivity contribution in [2.45, 2.75) is 18.6 Å². The Labute approximate surface area is 105 Å². The van der Waals surface area contributed by atoms with Crippen LogP contribution in [-0.2, 0) is 9.53 Å². The number of methoxy groups -OCH3 is 1. The number of esters is 1. The summed E-state index contributed by atoms with van der Waals surface area (Å²) in [5, 5.41) is 9.46. The number of alkyl halides is 4. The zero-order chi connectivity index (χ0) is 14.6. The highest BCUT2D eigenvalue weighted by Crippen LogP contribution is 2.29. The number of rotatable bonds is 5. The van der Waals surface area contributed by atoms with Crippen LogP contribution in [0.5, 0.6) is 5.75 Å². The third-order valence-corrected chi connectivity index (χ3v) is 2.11. The van der Waals surface area contributed by atoms with Gasteiger partial charge in [-0.3, -0.25) is 0 Å². The molecular weight excluding hydrogens is 272 g/mol.